The van der Waals surface area contributed by atoms with E-state index < -0.39 is 24.3 Å². The molecule has 3 aromatic heterocycles. The lowest BCUT2D eigenvalue weighted by molar-refractivity contribution is -0.193. The second-order valence-corrected chi connectivity index (χ2v) is 8.48. The topological polar surface area (TPSA) is 134 Å². The first kappa shape index (κ1) is 30.6. The lowest BCUT2D eigenvalue weighted by Crippen LogP contribution is -2.35. The highest BCUT2D eigenvalue weighted by Crippen LogP contribution is 2.45. The number of carbonyl (C=O) groups excluding carboxylic acids is 1. The first-order chi connectivity index (χ1) is 19.2. The zero-order chi connectivity index (χ0) is 30.4. The van der Waals surface area contributed by atoms with Crippen molar-refractivity contribution in [2.75, 3.05) is 0 Å². The largest absolute Gasteiger partial charge is 0.490 e. The van der Waals surface area contributed by atoms with Gasteiger partial charge in [0.2, 0.25) is 0 Å². The van der Waals surface area contributed by atoms with E-state index in [4.69, 9.17) is 19.8 Å². The summed E-state index contributed by atoms with van der Waals surface area (Å²) in [5.74, 6) is -4.91. The van der Waals surface area contributed by atoms with E-state index in [9.17, 15) is 31.1 Å². The number of carboxylic acid groups (broad SMARTS) is 2. The van der Waals surface area contributed by atoms with Crippen molar-refractivity contribution in [3.8, 4) is 11.4 Å². The van der Waals surface area contributed by atoms with Gasteiger partial charge in [-0.05, 0) is 42.7 Å². The van der Waals surface area contributed by atoms with Crippen molar-refractivity contribution in [1.29, 1.82) is 0 Å². The smallest absolute Gasteiger partial charge is 0.475 e. The van der Waals surface area contributed by atoms with Crippen LogP contribution in [0.25, 0.3) is 16.9 Å². The Kier molecular flexibility index (Phi) is 9.00. The van der Waals surface area contributed by atoms with Gasteiger partial charge in [-0.2, -0.15) is 26.3 Å². The Morgan fingerprint density at radius 2 is 1.32 bits per heavy atom. The first-order valence-corrected chi connectivity index (χ1v) is 11.5. The third kappa shape index (κ3) is 7.80. The van der Waals surface area contributed by atoms with Gasteiger partial charge in [0.25, 0.3) is 5.91 Å². The predicted octanol–water partition coefficient (Wildman–Crippen LogP) is 5.08. The van der Waals surface area contributed by atoms with Gasteiger partial charge >= 0.3 is 24.3 Å². The maximum Gasteiger partial charge on any atom is 0.490 e. The summed E-state index contributed by atoms with van der Waals surface area (Å²) in [6.07, 6.45) is -2.88. The number of hydrogen-bond acceptors (Lipinski definition) is 5. The normalized spacial score (nSPS) is 13.6. The van der Waals surface area contributed by atoms with Gasteiger partial charge in [0.1, 0.15) is 5.82 Å². The number of imidazole rings is 1. The molecule has 1 saturated carbocycles. The minimum atomic E-state index is -5.08. The molecule has 1 fully saturated rings. The zero-order valence-corrected chi connectivity index (χ0v) is 20.6. The van der Waals surface area contributed by atoms with E-state index in [-0.39, 0.29) is 11.4 Å². The molecule has 41 heavy (non-hydrogen) atoms. The van der Waals surface area contributed by atoms with Gasteiger partial charge in [-0.25, -0.2) is 14.6 Å². The molecule has 5 rings (SSSR count). The number of nitrogens with one attached hydrogen (secondary N) is 1. The molecule has 1 aliphatic rings. The van der Waals surface area contributed by atoms with E-state index >= 15 is 0 Å². The van der Waals surface area contributed by atoms with Crippen LogP contribution in [0.4, 0.5) is 26.3 Å². The molecule has 1 amide bonds. The van der Waals surface area contributed by atoms with Crippen LogP contribution in [0.3, 0.4) is 0 Å². The number of benzene rings is 1. The average Bonchev–Trinajstić information content (AvgIpc) is 3.60. The number of pyridine rings is 2. The quantitative estimate of drug-likeness (QED) is 0.286. The number of aliphatic carboxylic acids is 2. The van der Waals surface area contributed by atoms with Crippen LogP contribution in [0.2, 0.25) is 0 Å². The SMILES string of the molecule is O=C(NC1(c2ccccc2)CC1)c1nc(-c2ccncc2)n2ccccc12.O=C(O)C(F)(F)F.O=C(O)C(F)(F)F. The Hall–Kier alpha value is -4.95. The molecule has 3 heterocycles. The molecular weight excluding hydrogens is 562 g/mol. The monoisotopic (exact) mass is 582 g/mol. The number of carboxylic acids is 2. The van der Waals surface area contributed by atoms with Crippen LogP contribution >= 0.6 is 0 Å². The van der Waals surface area contributed by atoms with Gasteiger partial charge < -0.3 is 15.5 Å². The maximum atomic E-state index is 13.1. The number of halogens is 6. The Bertz CT molecular complexity index is 1490. The zero-order valence-electron chi connectivity index (χ0n) is 20.6. The predicted molar refractivity (Wildman–Crippen MR) is 131 cm³/mol. The second-order valence-electron chi connectivity index (χ2n) is 8.48. The highest BCUT2D eigenvalue weighted by Gasteiger charge is 2.46. The second kappa shape index (κ2) is 12.1. The summed E-state index contributed by atoms with van der Waals surface area (Å²) in [6.45, 7) is 0. The molecule has 9 nitrogen and oxygen atoms in total. The van der Waals surface area contributed by atoms with Crippen molar-refractivity contribution >= 4 is 23.4 Å². The lowest BCUT2D eigenvalue weighted by atomic mass is 10.0. The molecule has 0 unspecified atom stereocenters. The molecule has 0 saturated heterocycles. The van der Waals surface area contributed by atoms with Gasteiger partial charge in [0.15, 0.2) is 5.69 Å². The van der Waals surface area contributed by atoms with Crippen LogP contribution in [0.15, 0.2) is 79.3 Å². The molecular formula is C26H20F6N4O5. The molecule has 1 aromatic carbocycles. The summed E-state index contributed by atoms with van der Waals surface area (Å²) in [7, 11) is 0. The number of carbonyl (C=O) groups is 3. The van der Waals surface area contributed by atoms with Gasteiger partial charge in [-0.3, -0.25) is 14.2 Å². The van der Waals surface area contributed by atoms with Crippen molar-refractivity contribution in [2.45, 2.75) is 30.7 Å². The molecule has 0 atom stereocenters. The summed E-state index contributed by atoms with van der Waals surface area (Å²) in [4.78, 5) is 39.7. The highest BCUT2D eigenvalue weighted by atomic mass is 19.4. The minimum Gasteiger partial charge on any atom is -0.475 e. The molecule has 0 spiro atoms. The van der Waals surface area contributed by atoms with Crippen LogP contribution in [0, 0.1) is 0 Å². The Labute approximate surface area is 227 Å². The summed E-state index contributed by atoms with van der Waals surface area (Å²) in [5, 5.41) is 17.5. The van der Waals surface area contributed by atoms with E-state index in [1.807, 2.05) is 59.1 Å². The number of amides is 1. The fraction of sp³-hybridized carbons (Fsp3) is 0.192. The molecule has 0 radical (unpaired) electrons. The highest BCUT2D eigenvalue weighted by molar-refractivity contribution is 6.00. The van der Waals surface area contributed by atoms with Crippen molar-refractivity contribution in [2.24, 2.45) is 0 Å². The van der Waals surface area contributed by atoms with Crippen molar-refractivity contribution in [3.63, 3.8) is 0 Å². The summed E-state index contributed by atoms with van der Waals surface area (Å²) >= 11 is 0. The van der Waals surface area contributed by atoms with Crippen LogP contribution in [-0.4, -0.2) is 54.8 Å². The summed E-state index contributed by atoms with van der Waals surface area (Å²) in [5.41, 5.74) is 3.06. The van der Waals surface area contributed by atoms with Crippen LogP contribution < -0.4 is 5.32 Å². The number of aromatic nitrogens is 3. The fourth-order valence-corrected chi connectivity index (χ4v) is 3.55. The Morgan fingerprint density at radius 1 is 0.805 bits per heavy atom. The van der Waals surface area contributed by atoms with Crippen LogP contribution in [-0.2, 0) is 15.1 Å². The lowest BCUT2D eigenvalue weighted by Gasteiger charge is -2.17. The number of nitrogens with zero attached hydrogens (tertiary/aromatic N) is 3. The van der Waals surface area contributed by atoms with Crippen molar-refractivity contribution in [3.05, 3.63) is 90.5 Å². The van der Waals surface area contributed by atoms with Crippen molar-refractivity contribution < 1.29 is 50.9 Å². The molecule has 216 valence electrons. The van der Waals surface area contributed by atoms with E-state index in [1.165, 1.54) is 0 Å². The van der Waals surface area contributed by atoms with Gasteiger partial charge in [-0.1, -0.05) is 36.4 Å². The summed E-state index contributed by atoms with van der Waals surface area (Å²) in [6, 6.07) is 19.7. The number of rotatable bonds is 4. The van der Waals surface area contributed by atoms with Crippen LogP contribution in [0.1, 0.15) is 28.9 Å². The fourth-order valence-electron chi connectivity index (χ4n) is 3.55. The Balaban J connectivity index is 0.000000276. The molecule has 3 N–H and O–H groups in total. The third-order valence-corrected chi connectivity index (χ3v) is 5.62. The minimum absolute atomic E-state index is 0.139. The standard InChI is InChI=1S/C22H18N4O.2C2HF3O2/c27-21(25-22(11-12-22)17-6-2-1-3-7-17)19-18-8-4-5-15-26(18)20(24-19)16-9-13-23-14-10-16;2*3-2(4,5)1(6)7/h1-10,13-15H,11-12H2,(H,25,27);2*(H,6,7). The molecule has 1 aliphatic carbocycles. The molecule has 15 heteroatoms. The van der Waals surface area contributed by atoms with E-state index in [1.54, 1.807) is 12.4 Å². The third-order valence-electron chi connectivity index (χ3n) is 5.62. The molecule has 0 aliphatic heterocycles. The average molecular weight is 582 g/mol. The van der Waals surface area contributed by atoms with E-state index in [0.29, 0.717) is 5.69 Å². The number of hydrogen-bond donors (Lipinski definition) is 3. The van der Waals surface area contributed by atoms with Gasteiger partial charge in [-0.15, -0.1) is 0 Å². The van der Waals surface area contributed by atoms with E-state index in [2.05, 4.69) is 27.4 Å². The first-order valence-electron chi connectivity index (χ1n) is 11.5. The van der Waals surface area contributed by atoms with E-state index in [0.717, 1.165) is 35.3 Å². The number of fused-ring (bicyclic) bond motifs is 1. The molecule has 4 aromatic rings. The molecule has 0 bridgehead atoms. The van der Waals surface area contributed by atoms with Gasteiger partial charge in [0.05, 0.1) is 11.1 Å². The van der Waals surface area contributed by atoms with Gasteiger partial charge in [0, 0.05) is 24.2 Å². The van der Waals surface area contributed by atoms with Crippen molar-refractivity contribution in [1.82, 2.24) is 19.7 Å². The summed E-state index contributed by atoms with van der Waals surface area (Å²) < 4.78 is 65.4. The Morgan fingerprint density at radius 3 is 1.80 bits per heavy atom. The van der Waals surface area contributed by atoms with Crippen LogP contribution in [0.5, 0.6) is 0 Å². The number of alkyl halides is 6. The maximum absolute atomic E-state index is 13.1.